The highest BCUT2D eigenvalue weighted by molar-refractivity contribution is 7.99. The molecule has 0 radical (unpaired) electrons. The minimum absolute atomic E-state index is 0.182. The fourth-order valence-corrected chi connectivity index (χ4v) is 2.46. The molecule has 76 valence electrons. The first-order valence-electron chi connectivity index (χ1n) is 4.95. The van der Waals surface area contributed by atoms with Gasteiger partial charge in [-0.15, -0.1) is 0 Å². The summed E-state index contributed by atoms with van der Waals surface area (Å²) in [6.07, 6.45) is 0. The molecule has 1 rings (SSSR count). The maximum atomic E-state index is 11.5. The van der Waals surface area contributed by atoms with Crippen LogP contribution in [0.5, 0.6) is 0 Å². The fourth-order valence-electron chi connectivity index (χ4n) is 1.38. The van der Waals surface area contributed by atoms with E-state index in [1.165, 1.54) is 11.5 Å². The van der Waals surface area contributed by atoms with Crippen LogP contribution in [0.25, 0.3) is 0 Å². The van der Waals surface area contributed by atoms with Crippen LogP contribution >= 0.6 is 11.8 Å². The quantitative estimate of drug-likeness (QED) is 0.692. The lowest BCUT2D eigenvalue weighted by Crippen LogP contribution is -2.44. The molecule has 1 fully saturated rings. The van der Waals surface area contributed by atoms with Crippen LogP contribution in [0.2, 0.25) is 0 Å². The van der Waals surface area contributed by atoms with Gasteiger partial charge in [-0.05, 0) is 6.92 Å². The van der Waals surface area contributed by atoms with E-state index in [0.29, 0.717) is 18.4 Å². The van der Waals surface area contributed by atoms with Crippen molar-refractivity contribution in [2.45, 2.75) is 26.8 Å². The predicted octanol–water partition coefficient (Wildman–Crippen LogP) is 1.65. The molecule has 0 aromatic carbocycles. The highest BCUT2D eigenvalue weighted by Crippen LogP contribution is 2.16. The van der Waals surface area contributed by atoms with Crippen molar-refractivity contribution in [2.75, 3.05) is 24.6 Å². The molecule has 0 aromatic heterocycles. The molecule has 1 saturated heterocycles. The molecule has 1 unspecified atom stereocenters. The molecular weight excluding hydrogens is 182 g/mol. The van der Waals surface area contributed by atoms with Gasteiger partial charge in [0.2, 0.25) is 0 Å². The molecule has 1 aliphatic heterocycles. The molecule has 13 heavy (non-hydrogen) atoms. The molecule has 3 heteroatoms. The maximum Gasteiger partial charge on any atom is 0.149 e. The Morgan fingerprint density at radius 1 is 1.62 bits per heavy atom. The van der Waals surface area contributed by atoms with Gasteiger partial charge in [-0.25, -0.2) is 0 Å². The van der Waals surface area contributed by atoms with E-state index >= 15 is 0 Å². The zero-order valence-corrected chi connectivity index (χ0v) is 9.56. The first-order valence-corrected chi connectivity index (χ1v) is 6.11. The van der Waals surface area contributed by atoms with Gasteiger partial charge in [0.25, 0.3) is 0 Å². The third-order valence-electron chi connectivity index (χ3n) is 2.51. The number of nitrogens with zero attached hydrogens (tertiary/aromatic N) is 1. The summed E-state index contributed by atoms with van der Waals surface area (Å²) in [6, 6.07) is 0.571. The van der Waals surface area contributed by atoms with Crippen molar-refractivity contribution in [2.24, 2.45) is 5.92 Å². The highest BCUT2D eigenvalue weighted by atomic mass is 32.2. The molecule has 2 nitrogen and oxygen atoms in total. The van der Waals surface area contributed by atoms with Crippen molar-refractivity contribution in [1.82, 2.24) is 4.90 Å². The van der Waals surface area contributed by atoms with Crippen molar-refractivity contribution in [1.29, 1.82) is 0 Å². The monoisotopic (exact) mass is 201 g/mol. The number of Topliss-reactive ketones (excluding diaryl/α,β-unsaturated/α-hetero) is 1. The van der Waals surface area contributed by atoms with Crippen LogP contribution in [0.4, 0.5) is 0 Å². The summed E-state index contributed by atoms with van der Waals surface area (Å²) >= 11 is 1.99. The van der Waals surface area contributed by atoms with Gasteiger partial charge in [0.15, 0.2) is 0 Å². The summed E-state index contributed by atoms with van der Waals surface area (Å²) in [5.74, 6) is 2.90. The SMILES string of the molecule is CC(C)C(=O)CN1CCSCC1C. The molecule has 0 amide bonds. The number of hydrogen-bond donors (Lipinski definition) is 0. The van der Waals surface area contributed by atoms with Crippen LogP contribution in [-0.2, 0) is 4.79 Å². The van der Waals surface area contributed by atoms with Crippen LogP contribution in [-0.4, -0.2) is 41.3 Å². The molecule has 1 heterocycles. The topological polar surface area (TPSA) is 20.3 Å². The van der Waals surface area contributed by atoms with Crippen LogP contribution in [0.1, 0.15) is 20.8 Å². The van der Waals surface area contributed by atoms with Gasteiger partial charge < -0.3 is 0 Å². The van der Waals surface area contributed by atoms with Gasteiger partial charge >= 0.3 is 0 Å². The number of thioether (sulfide) groups is 1. The number of carbonyl (C=O) groups excluding carboxylic acids is 1. The van der Waals surface area contributed by atoms with Crippen molar-refractivity contribution in [3.05, 3.63) is 0 Å². The van der Waals surface area contributed by atoms with Gasteiger partial charge in [0.05, 0.1) is 6.54 Å². The molecule has 1 atom stereocenters. The molecule has 0 aromatic rings. The third kappa shape index (κ3) is 3.31. The molecule has 0 aliphatic carbocycles. The lowest BCUT2D eigenvalue weighted by Gasteiger charge is -2.32. The van der Waals surface area contributed by atoms with Crippen LogP contribution in [0, 0.1) is 5.92 Å². The van der Waals surface area contributed by atoms with Gasteiger partial charge in [0, 0.05) is 30.0 Å². The normalized spacial score (nSPS) is 25.1. The van der Waals surface area contributed by atoms with Gasteiger partial charge in [0.1, 0.15) is 5.78 Å². The standard InChI is InChI=1S/C10H19NOS/c1-8(2)10(12)6-11-4-5-13-7-9(11)3/h8-9H,4-7H2,1-3H3. The average molecular weight is 201 g/mol. The Morgan fingerprint density at radius 2 is 2.31 bits per heavy atom. The number of rotatable bonds is 3. The summed E-state index contributed by atoms with van der Waals surface area (Å²) in [6.45, 7) is 7.89. The zero-order valence-electron chi connectivity index (χ0n) is 8.75. The Bertz CT molecular complexity index is 182. The van der Waals surface area contributed by atoms with E-state index in [1.807, 2.05) is 25.6 Å². The minimum atomic E-state index is 0.182. The van der Waals surface area contributed by atoms with Gasteiger partial charge in [-0.1, -0.05) is 13.8 Å². The largest absolute Gasteiger partial charge is 0.298 e. The Labute approximate surface area is 85.1 Å². The van der Waals surface area contributed by atoms with Gasteiger partial charge in [-0.2, -0.15) is 11.8 Å². The van der Waals surface area contributed by atoms with Crippen LogP contribution < -0.4 is 0 Å². The first-order chi connectivity index (χ1) is 6.11. The second-order valence-corrected chi connectivity index (χ2v) is 5.17. The van der Waals surface area contributed by atoms with Crippen molar-refractivity contribution >= 4 is 17.5 Å². The van der Waals surface area contributed by atoms with Crippen molar-refractivity contribution in [3.63, 3.8) is 0 Å². The molecule has 1 aliphatic rings. The lowest BCUT2D eigenvalue weighted by atomic mass is 10.1. The number of ketones is 1. The summed E-state index contributed by atoms with van der Waals surface area (Å²) in [7, 11) is 0. The summed E-state index contributed by atoms with van der Waals surface area (Å²) in [4.78, 5) is 13.8. The smallest absolute Gasteiger partial charge is 0.149 e. The van der Waals surface area contributed by atoms with Gasteiger partial charge in [-0.3, -0.25) is 9.69 Å². The average Bonchev–Trinajstić information content (AvgIpc) is 2.08. The number of hydrogen-bond acceptors (Lipinski definition) is 3. The zero-order chi connectivity index (χ0) is 9.84. The van der Waals surface area contributed by atoms with E-state index in [2.05, 4.69) is 11.8 Å². The Kier molecular flexibility index (Phi) is 4.26. The highest BCUT2D eigenvalue weighted by Gasteiger charge is 2.21. The van der Waals surface area contributed by atoms with Crippen molar-refractivity contribution < 1.29 is 4.79 Å². The van der Waals surface area contributed by atoms with E-state index < -0.39 is 0 Å². The molecule has 0 saturated carbocycles. The van der Waals surface area contributed by atoms with Crippen LogP contribution in [0.15, 0.2) is 0 Å². The second-order valence-electron chi connectivity index (χ2n) is 4.02. The number of carbonyl (C=O) groups is 1. The molecular formula is C10H19NOS. The van der Waals surface area contributed by atoms with Crippen LogP contribution in [0.3, 0.4) is 0 Å². The fraction of sp³-hybridized carbons (Fsp3) is 0.900. The van der Waals surface area contributed by atoms with E-state index in [-0.39, 0.29) is 5.92 Å². The molecule has 0 spiro atoms. The summed E-state index contributed by atoms with van der Waals surface area (Å²) in [5, 5.41) is 0. The van der Waals surface area contributed by atoms with E-state index in [4.69, 9.17) is 0 Å². The van der Waals surface area contributed by atoms with Crippen molar-refractivity contribution in [3.8, 4) is 0 Å². The lowest BCUT2D eigenvalue weighted by molar-refractivity contribution is -0.123. The second kappa shape index (κ2) is 5.01. The Balaban J connectivity index is 2.38. The maximum absolute atomic E-state index is 11.5. The van der Waals surface area contributed by atoms with E-state index in [0.717, 1.165) is 6.54 Å². The third-order valence-corrected chi connectivity index (χ3v) is 3.70. The Morgan fingerprint density at radius 3 is 2.85 bits per heavy atom. The van der Waals surface area contributed by atoms with E-state index in [9.17, 15) is 4.79 Å². The summed E-state index contributed by atoms with van der Waals surface area (Å²) < 4.78 is 0. The van der Waals surface area contributed by atoms with E-state index in [1.54, 1.807) is 0 Å². The minimum Gasteiger partial charge on any atom is -0.298 e. The predicted molar refractivity (Wildman–Crippen MR) is 58.2 cm³/mol. The molecule has 0 N–H and O–H groups in total. The first kappa shape index (κ1) is 11.1. The Hall–Kier alpha value is -0.0200. The summed E-state index contributed by atoms with van der Waals surface area (Å²) in [5.41, 5.74) is 0. The molecule has 0 bridgehead atoms.